The first-order chi connectivity index (χ1) is 9.91. The van der Waals surface area contributed by atoms with E-state index in [1.807, 2.05) is 0 Å². The van der Waals surface area contributed by atoms with Crippen LogP contribution in [0.1, 0.15) is 67.9 Å². The Morgan fingerprint density at radius 2 is 2.00 bits per heavy atom. The Hall–Kier alpha value is -0.620. The van der Waals surface area contributed by atoms with Gasteiger partial charge in [0.25, 0.3) is 0 Å². The first-order valence-electron chi connectivity index (χ1n) is 7.62. The van der Waals surface area contributed by atoms with Crippen LogP contribution in [-0.4, -0.2) is 10.1 Å². The van der Waals surface area contributed by atoms with Crippen LogP contribution in [-0.2, 0) is 6.18 Å². The van der Waals surface area contributed by atoms with Gasteiger partial charge in [-0.25, -0.2) is 4.98 Å². The van der Waals surface area contributed by atoms with Gasteiger partial charge >= 0.3 is 6.18 Å². The molecule has 1 N–H and O–H groups in total. The smallest absolute Gasteiger partial charge is 0.387 e. The Morgan fingerprint density at radius 1 is 1.33 bits per heavy atom. The average molecular weight is 321 g/mol. The monoisotopic (exact) mass is 321 g/mol. The highest BCUT2D eigenvalue weighted by Gasteiger charge is 2.36. The molecule has 0 saturated heterocycles. The second-order valence-corrected chi connectivity index (χ2v) is 7.00. The van der Waals surface area contributed by atoms with Gasteiger partial charge in [0, 0.05) is 6.20 Å². The molecule has 0 amide bonds. The molecule has 1 aliphatic rings. The Kier molecular flexibility index (Phi) is 5.66. The van der Waals surface area contributed by atoms with Gasteiger partial charge in [0.2, 0.25) is 0 Å². The van der Waals surface area contributed by atoms with Gasteiger partial charge in [-0.3, -0.25) is 0 Å². The van der Waals surface area contributed by atoms with Crippen LogP contribution in [0.2, 0.25) is 0 Å². The lowest BCUT2D eigenvalue weighted by Crippen LogP contribution is -2.20. The maximum Gasteiger partial charge on any atom is 0.443 e. The molecule has 21 heavy (non-hydrogen) atoms. The van der Waals surface area contributed by atoms with Crippen LogP contribution in [0, 0.1) is 11.8 Å². The number of halogens is 3. The predicted molar refractivity (Wildman–Crippen MR) is 77.0 cm³/mol. The normalized spacial score (nSPS) is 25.0. The number of alkyl halides is 3. The van der Waals surface area contributed by atoms with Crippen LogP contribution in [0.25, 0.3) is 0 Å². The van der Waals surface area contributed by atoms with E-state index < -0.39 is 17.3 Å². The van der Waals surface area contributed by atoms with Crippen LogP contribution in [0.5, 0.6) is 0 Å². The number of nitrogens with zero attached hydrogens (tertiary/aromatic N) is 1. The fourth-order valence-corrected chi connectivity index (χ4v) is 3.94. The molecule has 1 aromatic heterocycles. The molecule has 1 saturated carbocycles. The summed E-state index contributed by atoms with van der Waals surface area (Å²) in [7, 11) is 0. The first kappa shape index (κ1) is 16.7. The summed E-state index contributed by atoms with van der Waals surface area (Å²) in [6, 6.07) is 0. The highest BCUT2D eigenvalue weighted by molar-refractivity contribution is 7.11. The number of aromatic nitrogens is 1. The maximum atomic E-state index is 12.5. The van der Waals surface area contributed by atoms with Crippen molar-refractivity contribution in [3.8, 4) is 0 Å². The molecule has 2 nitrogen and oxygen atoms in total. The lowest BCUT2D eigenvalue weighted by molar-refractivity contribution is -0.137. The highest BCUT2D eigenvalue weighted by Crippen LogP contribution is 2.41. The summed E-state index contributed by atoms with van der Waals surface area (Å²) in [4.78, 5) is 3.74. The van der Waals surface area contributed by atoms with Gasteiger partial charge in [-0.2, -0.15) is 13.2 Å². The molecule has 6 heteroatoms. The quantitative estimate of drug-likeness (QED) is 0.809. The molecule has 120 valence electrons. The van der Waals surface area contributed by atoms with E-state index in [1.165, 1.54) is 25.5 Å². The lowest BCUT2D eigenvalue weighted by atomic mass is 9.77. The highest BCUT2D eigenvalue weighted by atomic mass is 32.1. The minimum absolute atomic E-state index is 0.0735. The Balaban J connectivity index is 1.90. The third-order valence-corrected chi connectivity index (χ3v) is 5.47. The van der Waals surface area contributed by atoms with Crippen LogP contribution in [0.3, 0.4) is 0 Å². The van der Waals surface area contributed by atoms with Crippen molar-refractivity contribution in [2.24, 2.45) is 11.8 Å². The SMILES string of the molecule is CCCCC1CCC(C(O)c2cnc(C(F)(F)F)s2)CC1. The third kappa shape index (κ3) is 4.42. The number of thiazole rings is 1. The standard InChI is InChI=1S/C15H22F3NOS/c1-2-3-4-10-5-7-11(8-6-10)13(20)12-9-19-14(21-12)15(16,17)18/h9-11,13,20H,2-8H2,1H3. The Labute approximate surface area is 127 Å². The molecule has 1 atom stereocenters. The maximum absolute atomic E-state index is 12.5. The summed E-state index contributed by atoms with van der Waals surface area (Å²) in [5.41, 5.74) is 0. The number of hydrogen-bond acceptors (Lipinski definition) is 3. The number of unbranched alkanes of at least 4 members (excludes halogenated alkanes) is 1. The zero-order chi connectivity index (χ0) is 15.5. The largest absolute Gasteiger partial charge is 0.443 e. The van der Waals surface area contributed by atoms with Crippen LogP contribution in [0.15, 0.2) is 6.20 Å². The molecule has 1 unspecified atom stereocenters. The van der Waals surface area contributed by atoms with E-state index in [9.17, 15) is 18.3 Å². The molecule has 1 aromatic rings. The summed E-state index contributed by atoms with van der Waals surface area (Å²) < 4.78 is 37.6. The molecule has 0 radical (unpaired) electrons. The first-order valence-corrected chi connectivity index (χ1v) is 8.44. The van der Waals surface area contributed by atoms with Gasteiger partial charge in [-0.1, -0.05) is 39.0 Å². The van der Waals surface area contributed by atoms with Crippen molar-refractivity contribution in [1.82, 2.24) is 4.98 Å². The molecule has 1 heterocycles. The third-order valence-electron chi connectivity index (χ3n) is 4.36. The van der Waals surface area contributed by atoms with E-state index in [1.54, 1.807) is 0 Å². The minimum Gasteiger partial charge on any atom is -0.387 e. The van der Waals surface area contributed by atoms with E-state index >= 15 is 0 Å². The van der Waals surface area contributed by atoms with Gasteiger partial charge in [0.1, 0.15) is 0 Å². The summed E-state index contributed by atoms with van der Waals surface area (Å²) in [6.07, 6.45) is 3.58. The number of rotatable bonds is 5. The van der Waals surface area contributed by atoms with Gasteiger partial charge in [0.15, 0.2) is 5.01 Å². The number of hydrogen-bond donors (Lipinski definition) is 1. The van der Waals surface area contributed by atoms with Crippen molar-refractivity contribution >= 4 is 11.3 Å². The fraction of sp³-hybridized carbons (Fsp3) is 0.800. The van der Waals surface area contributed by atoms with Gasteiger partial charge in [0.05, 0.1) is 11.0 Å². The average Bonchev–Trinajstić information content (AvgIpc) is 2.95. The molecule has 0 bridgehead atoms. The van der Waals surface area contributed by atoms with Crippen LogP contribution in [0.4, 0.5) is 13.2 Å². The van der Waals surface area contributed by atoms with E-state index in [0.717, 1.165) is 31.6 Å². The van der Waals surface area contributed by atoms with Crippen molar-refractivity contribution in [2.45, 2.75) is 64.1 Å². The second-order valence-electron chi connectivity index (χ2n) is 5.93. The summed E-state index contributed by atoms with van der Waals surface area (Å²) in [5.74, 6) is 0.796. The van der Waals surface area contributed by atoms with E-state index in [2.05, 4.69) is 11.9 Å². The molecule has 2 rings (SSSR count). The summed E-state index contributed by atoms with van der Waals surface area (Å²) >= 11 is 0.570. The van der Waals surface area contributed by atoms with Crippen molar-refractivity contribution < 1.29 is 18.3 Å². The minimum atomic E-state index is -4.42. The zero-order valence-corrected chi connectivity index (χ0v) is 13.0. The lowest BCUT2D eigenvalue weighted by Gasteiger charge is -2.31. The van der Waals surface area contributed by atoms with Gasteiger partial charge in [-0.05, 0) is 24.7 Å². The number of aliphatic hydroxyl groups is 1. The molecule has 1 fully saturated rings. The topological polar surface area (TPSA) is 33.1 Å². The van der Waals surface area contributed by atoms with Crippen LogP contribution < -0.4 is 0 Å². The van der Waals surface area contributed by atoms with Crippen molar-refractivity contribution in [2.75, 3.05) is 0 Å². The van der Waals surface area contributed by atoms with Gasteiger partial charge < -0.3 is 5.11 Å². The molecule has 1 aliphatic carbocycles. The molecular weight excluding hydrogens is 299 g/mol. The van der Waals surface area contributed by atoms with Crippen molar-refractivity contribution in [3.63, 3.8) is 0 Å². The fourth-order valence-electron chi connectivity index (χ4n) is 3.07. The molecule has 0 spiro atoms. The Morgan fingerprint density at radius 3 is 2.52 bits per heavy atom. The van der Waals surface area contributed by atoms with Crippen LogP contribution >= 0.6 is 11.3 Å². The number of aliphatic hydroxyl groups excluding tert-OH is 1. The van der Waals surface area contributed by atoms with Gasteiger partial charge in [-0.15, -0.1) is 11.3 Å². The molecular formula is C15H22F3NOS. The zero-order valence-electron chi connectivity index (χ0n) is 12.2. The molecule has 0 aliphatic heterocycles. The second kappa shape index (κ2) is 7.09. The van der Waals surface area contributed by atoms with E-state index in [-0.39, 0.29) is 5.92 Å². The molecule has 0 aromatic carbocycles. The van der Waals surface area contributed by atoms with E-state index in [0.29, 0.717) is 16.2 Å². The van der Waals surface area contributed by atoms with Crippen molar-refractivity contribution in [3.05, 3.63) is 16.1 Å². The Bertz CT molecular complexity index is 438. The summed E-state index contributed by atoms with van der Waals surface area (Å²) in [6.45, 7) is 2.18. The summed E-state index contributed by atoms with van der Waals surface area (Å²) in [5, 5.41) is 9.42. The predicted octanol–water partition coefficient (Wildman–Crippen LogP) is 5.19. The van der Waals surface area contributed by atoms with Crippen molar-refractivity contribution in [1.29, 1.82) is 0 Å². The van der Waals surface area contributed by atoms with E-state index in [4.69, 9.17) is 0 Å².